The van der Waals surface area contributed by atoms with Crippen molar-refractivity contribution in [2.75, 3.05) is 6.54 Å². The van der Waals surface area contributed by atoms with Gasteiger partial charge in [0.1, 0.15) is 0 Å². The van der Waals surface area contributed by atoms with Gasteiger partial charge in [-0.15, -0.1) is 0 Å². The van der Waals surface area contributed by atoms with Crippen molar-refractivity contribution in [2.45, 2.75) is 59.9 Å². The molecule has 0 saturated carbocycles. The fraction of sp³-hybridized carbons (Fsp3) is 0.550. The third-order valence-electron chi connectivity index (χ3n) is 4.26. The molecule has 6 heteroatoms. The number of aromatic nitrogens is 2. The first kappa shape index (κ1) is 20.6. The number of carbonyl (C=O) groups excluding carboxylic acids is 1. The van der Waals surface area contributed by atoms with E-state index in [0.717, 1.165) is 16.5 Å². The molecule has 142 valence electrons. The van der Waals surface area contributed by atoms with E-state index in [-0.39, 0.29) is 17.4 Å². The Hall–Kier alpha value is -1.69. The van der Waals surface area contributed by atoms with Crippen LogP contribution in [0.25, 0.3) is 11.4 Å². The standard InChI is InChI=1S/C20H28BrN3O2/c1-6-14(2)24(18(25)13-20(3,4)5)12-11-17-22-19(23-26-17)15-7-9-16(21)10-8-15/h7-10,14H,6,11-13H2,1-5H3/t14-/m0/s1. The molecule has 0 unspecified atom stereocenters. The van der Waals surface area contributed by atoms with E-state index in [4.69, 9.17) is 4.52 Å². The van der Waals surface area contributed by atoms with Crippen molar-refractivity contribution in [3.63, 3.8) is 0 Å². The normalized spacial score (nSPS) is 12.8. The van der Waals surface area contributed by atoms with Crippen molar-refractivity contribution in [3.8, 4) is 11.4 Å². The second kappa shape index (κ2) is 8.80. The van der Waals surface area contributed by atoms with Gasteiger partial charge >= 0.3 is 0 Å². The molecule has 26 heavy (non-hydrogen) atoms. The zero-order chi connectivity index (χ0) is 19.3. The molecule has 1 atom stereocenters. The van der Waals surface area contributed by atoms with Crippen LogP contribution in [0.5, 0.6) is 0 Å². The van der Waals surface area contributed by atoms with E-state index in [0.29, 0.717) is 31.1 Å². The summed E-state index contributed by atoms with van der Waals surface area (Å²) < 4.78 is 6.39. The molecule has 1 heterocycles. The molecule has 1 amide bonds. The first-order valence-electron chi connectivity index (χ1n) is 9.07. The van der Waals surface area contributed by atoms with Crippen LogP contribution in [0.4, 0.5) is 0 Å². The molecule has 0 spiro atoms. The molecule has 5 nitrogen and oxygen atoms in total. The number of amides is 1. The maximum atomic E-state index is 12.7. The molecular formula is C20H28BrN3O2. The van der Waals surface area contributed by atoms with Crippen LogP contribution in [0.1, 0.15) is 53.4 Å². The summed E-state index contributed by atoms with van der Waals surface area (Å²) in [6.07, 6.45) is 2.01. The maximum Gasteiger partial charge on any atom is 0.228 e. The summed E-state index contributed by atoms with van der Waals surface area (Å²) in [6.45, 7) is 11.0. The summed E-state index contributed by atoms with van der Waals surface area (Å²) in [4.78, 5) is 19.1. The molecule has 0 bridgehead atoms. The molecule has 1 aromatic carbocycles. The summed E-state index contributed by atoms with van der Waals surface area (Å²) in [6, 6.07) is 7.97. The van der Waals surface area contributed by atoms with Crippen LogP contribution < -0.4 is 0 Å². The lowest BCUT2D eigenvalue weighted by atomic mass is 9.91. The third-order valence-corrected chi connectivity index (χ3v) is 4.79. The first-order valence-corrected chi connectivity index (χ1v) is 9.87. The summed E-state index contributed by atoms with van der Waals surface area (Å²) in [5.74, 6) is 1.31. The van der Waals surface area contributed by atoms with E-state index in [1.54, 1.807) is 0 Å². The number of hydrogen-bond acceptors (Lipinski definition) is 4. The number of carbonyl (C=O) groups is 1. The molecule has 0 radical (unpaired) electrons. The molecule has 0 aliphatic heterocycles. The highest BCUT2D eigenvalue weighted by Gasteiger charge is 2.24. The minimum Gasteiger partial charge on any atom is -0.339 e. The number of halogens is 1. The minimum atomic E-state index is -0.0258. The van der Waals surface area contributed by atoms with E-state index in [1.165, 1.54) is 0 Å². The van der Waals surface area contributed by atoms with E-state index in [1.807, 2.05) is 29.2 Å². The Morgan fingerprint density at radius 1 is 1.27 bits per heavy atom. The fourth-order valence-electron chi connectivity index (χ4n) is 2.66. The van der Waals surface area contributed by atoms with Crippen molar-refractivity contribution in [3.05, 3.63) is 34.6 Å². The zero-order valence-corrected chi connectivity index (χ0v) is 17.8. The van der Waals surface area contributed by atoms with Gasteiger partial charge in [-0.2, -0.15) is 4.98 Å². The molecule has 0 fully saturated rings. The lowest BCUT2D eigenvalue weighted by molar-refractivity contribution is -0.135. The van der Waals surface area contributed by atoms with Gasteiger partial charge in [0.25, 0.3) is 0 Å². The van der Waals surface area contributed by atoms with Crippen molar-refractivity contribution in [2.24, 2.45) is 5.41 Å². The predicted octanol–water partition coefficient (Wildman–Crippen LogP) is 5.10. The van der Waals surface area contributed by atoms with Gasteiger partial charge in [0.2, 0.25) is 17.6 Å². The largest absolute Gasteiger partial charge is 0.339 e. The summed E-state index contributed by atoms with van der Waals surface area (Å²) >= 11 is 3.42. The summed E-state index contributed by atoms with van der Waals surface area (Å²) in [5, 5.41) is 4.06. The van der Waals surface area contributed by atoms with E-state index < -0.39 is 0 Å². The quantitative estimate of drug-likeness (QED) is 0.623. The Balaban J connectivity index is 2.04. The minimum absolute atomic E-state index is 0.0258. The van der Waals surface area contributed by atoms with Crippen LogP contribution in [-0.2, 0) is 11.2 Å². The van der Waals surface area contributed by atoms with Gasteiger partial charge in [0, 0.05) is 35.5 Å². The van der Waals surface area contributed by atoms with Gasteiger partial charge in [-0.25, -0.2) is 0 Å². The van der Waals surface area contributed by atoms with Gasteiger partial charge in [-0.3, -0.25) is 4.79 Å². The van der Waals surface area contributed by atoms with Crippen molar-refractivity contribution in [1.82, 2.24) is 15.0 Å². The molecule has 1 aromatic heterocycles. The second-order valence-corrected chi connectivity index (χ2v) is 8.77. The number of rotatable bonds is 7. The first-order chi connectivity index (χ1) is 12.2. The van der Waals surface area contributed by atoms with Crippen LogP contribution in [0.2, 0.25) is 0 Å². The molecular weight excluding hydrogens is 394 g/mol. The number of nitrogens with zero attached hydrogens (tertiary/aromatic N) is 3. The summed E-state index contributed by atoms with van der Waals surface area (Å²) in [5.41, 5.74) is 0.882. The van der Waals surface area contributed by atoms with Crippen LogP contribution in [0.15, 0.2) is 33.3 Å². The van der Waals surface area contributed by atoms with Crippen molar-refractivity contribution < 1.29 is 9.32 Å². The van der Waals surface area contributed by atoms with E-state index >= 15 is 0 Å². The Morgan fingerprint density at radius 3 is 2.50 bits per heavy atom. The van der Waals surface area contributed by atoms with Gasteiger partial charge in [0.15, 0.2) is 0 Å². The predicted molar refractivity (Wildman–Crippen MR) is 107 cm³/mol. The Kier molecular flexibility index (Phi) is 6.98. The van der Waals surface area contributed by atoms with E-state index in [9.17, 15) is 4.79 Å². The molecule has 0 aliphatic carbocycles. The van der Waals surface area contributed by atoms with Crippen molar-refractivity contribution >= 4 is 21.8 Å². The Bertz CT molecular complexity index is 719. The highest BCUT2D eigenvalue weighted by molar-refractivity contribution is 9.10. The maximum absolute atomic E-state index is 12.7. The number of hydrogen-bond donors (Lipinski definition) is 0. The van der Waals surface area contributed by atoms with Crippen LogP contribution in [0, 0.1) is 5.41 Å². The highest BCUT2D eigenvalue weighted by Crippen LogP contribution is 2.22. The van der Waals surface area contributed by atoms with Gasteiger partial charge in [0.05, 0.1) is 0 Å². The molecule has 0 saturated heterocycles. The van der Waals surface area contributed by atoms with Crippen LogP contribution in [-0.4, -0.2) is 33.5 Å². The lowest BCUT2D eigenvalue weighted by Gasteiger charge is -2.31. The average molecular weight is 422 g/mol. The molecule has 0 aliphatic rings. The van der Waals surface area contributed by atoms with Gasteiger partial charge in [-0.1, -0.05) is 48.8 Å². The highest BCUT2D eigenvalue weighted by atomic mass is 79.9. The molecule has 2 aromatic rings. The lowest BCUT2D eigenvalue weighted by Crippen LogP contribution is -2.41. The average Bonchev–Trinajstić information content (AvgIpc) is 3.02. The number of benzene rings is 1. The van der Waals surface area contributed by atoms with Crippen LogP contribution >= 0.6 is 15.9 Å². The monoisotopic (exact) mass is 421 g/mol. The van der Waals surface area contributed by atoms with Crippen molar-refractivity contribution in [1.29, 1.82) is 0 Å². The SMILES string of the molecule is CC[C@H](C)N(CCc1nc(-c2ccc(Br)cc2)no1)C(=O)CC(C)(C)C. The summed E-state index contributed by atoms with van der Waals surface area (Å²) in [7, 11) is 0. The Morgan fingerprint density at radius 2 is 1.92 bits per heavy atom. The van der Waals surface area contributed by atoms with Crippen LogP contribution in [0.3, 0.4) is 0 Å². The topological polar surface area (TPSA) is 59.2 Å². The van der Waals surface area contributed by atoms with Gasteiger partial charge in [-0.05, 0) is 43.0 Å². The van der Waals surface area contributed by atoms with Gasteiger partial charge < -0.3 is 9.42 Å². The molecule has 0 N–H and O–H groups in total. The zero-order valence-electron chi connectivity index (χ0n) is 16.3. The van der Waals surface area contributed by atoms with E-state index in [2.05, 4.69) is 60.7 Å². The third kappa shape index (κ3) is 5.94. The smallest absolute Gasteiger partial charge is 0.228 e. The fourth-order valence-corrected chi connectivity index (χ4v) is 2.92. The Labute approximate surface area is 164 Å². The molecule has 2 rings (SSSR count). The second-order valence-electron chi connectivity index (χ2n) is 7.85.